The topological polar surface area (TPSA) is 59.0 Å². The molecule has 0 aliphatic carbocycles. The van der Waals surface area contributed by atoms with Gasteiger partial charge in [0.15, 0.2) is 0 Å². The predicted molar refractivity (Wildman–Crippen MR) is 94.4 cm³/mol. The number of benzene rings is 1. The summed E-state index contributed by atoms with van der Waals surface area (Å²) in [5, 5.41) is 10.0. The van der Waals surface area contributed by atoms with Crippen molar-refractivity contribution in [1.29, 1.82) is 0 Å². The number of alkyl halides is 3. The van der Waals surface area contributed by atoms with Crippen molar-refractivity contribution in [3.05, 3.63) is 47.8 Å². The highest BCUT2D eigenvalue weighted by molar-refractivity contribution is 5.96. The summed E-state index contributed by atoms with van der Waals surface area (Å²) in [6.07, 6.45) is -0.137. The van der Waals surface area contributed by atoms with E-state index in [1.54, 1.807) is 23.1 Å². The lowest BCUT2D eigenvalue weighted by atomic mass is 9.87. The SMILES string of the molecule is Cc1ccc(NC(=O)C2(n3cccn3)CCNCC2)cc1C(F)(F)F.Cl. The number of piperidine rings is 1. The van der Waals surface area contributed by atoms with E-state index in [0.717, 1.165) is 6.07 Å². The minimum atomic E-state index is -4.46. The molecule has 0 unspecified atom stereocenters. The maximum absolute atomic E-state index is 13.1. The molecule has 1 aliphatic rings. The lowest BCUT2D eigenvalue weighted by molar-refractivity contribution is -0.138. The highest BCUT2D eigenvalue weighted by Gasteiger charge is 2.42. The first-order valence-corrected chi connectivity index (χ1v) is 8.03. The van der Waals surface area contributed by atoms with Crippen LogP contribution in [0.5, 0.6) is 0 Å². The third-order valence-corrected chi connectivity index (χ3v) is 4.60. The Bertz CT molecular complexity index is 756. The second-order valence-corrected chi connectivity index (χ2v) is 6.21. The molecule has 1 amide bonds. The molecular formula is C17H20ClF3N4O. The molecule has 0 saturated carbocycles. The Morgan fingerprint density at radius 2 is 2.00 bits per heavy atom. The average molecular weight is 389 g/mol. The highest BCUT2D eigenvalue weighted by Crippen LogP contribution is 2.34. The summed E-state index contributed by atoms with van der Waals surface area (Å²) in [4.78, 5) is 13.0. The van der Waals surface area contributed by atoms with Crippen molar-refractivity contribution in [2.24, 2.45) is 0 Å². The molecule has 9 heteroatoms. The van der Waals surface area contributed by atoms with Crippen molar-refractivity contribution in [3.63, 3.8) is 0 Å². The number of halogens is 4. The zero-order valence-electron chi connectivity index (χ0n) is 14.1. The van der Waals surface area contributed by atoms with Crippen LogP contribution in [0, 0.1) is 6.92 Å². The van der Waals surface area contributed by atoms with Gasteiger partial charge in [-0.15, -0.1) is 12.4 Å². The molecule has 3 rings (SSSR count). The Hall–Kier alpha value is -2.06. The van der Waals surface area contributed by atoms with E-state index in [-0.39, 0.29) is 29.6 Å². The molecule has 5 nitrogen and oxygen atoms in total. The number of carbonyl (C=O) groups excluding carboxylic acids is 1. The van der Waals surface area contributed by atoms with Crippen LogP contribution in [-0.2, 0) is 16.5 Å². The molecule has 0 spiro atoms. The fraction of sp³-hybridized carbons (Fsp3) is 0.412. The minimum Gasteiger partial charge on any atom is -0.324 e. The fourth-order valence-electron chi connectivity index (χ4n) is 3.18. The molecule has 142 valence electrons. The summed E-state index contributed by atoms with van der Waals surface area (Å²) in [7, 11) is 0. The van der Waals surface area contributed by atoms with Crippen LogP contribution in [0.1, 0.15) is 24.0 Å². The Kier molecular flexibility index (Phi) is 5.98. The number of aryl methyl sites for hydroxylation is 1. The number of hydrogen-bond acceptors (Lipinski definition) is 3. The van der Waals surface area contributed by atoms with Crippen LogP contribution in [0.2, 0.25) is 0 Å². The largest absolute Gasteiger partial charge is 0.416 e. The molecule has 2 heterocycles. The summed E-state index contributed by atoms with van der Waals surface area (Å²) in [6, 6.07) is 5.55. The molecule has 1 aromatic carbocycles. The van der Waals surface area contributed by atoms with Gasteiger partial charge < -0.3 is 10.6 Å². The van der Waals surface area contributed by atoms with Gasteiger partial charge in [-0.3, -0.25) is 9.48 Å². The number of hydrogen-bond donors (Lipinski definition) is 2. The number of rotatable bonds is 3. The van der Waals surface area contributed by atoms with Crippen LogP contribution in [0.25, 0.3) is 0 Å². The zero-order valence-corrected chi connectivity index (χ0v) is 15.0. The van der Waals surface area contributed by atoms with Gasteiger partial charge in [0.1, 0.15) is 5.54 Å². The smallest absolute Gasteiger partial charge is 0.324 e. The summed E-state index contributed by atoms with van der Waals surface area (Å²) >= 11 is 0. The summed E-state index contributed by atoms with van der Waals surface area (Å²) in [6.45, 7) is 2.66. The maximum atomic E-state index is 13.1. The molecule has 2 N–H and O–H groups in total. The second-order valence-electron chi connectivity index (χ2n) is 6.21. The van der Waals surface area contributed by atoms with Crippen molar-refractivity contribution in [1.82, 2.24) is 15.1 Å². The zero-order chi connectivity index (χ0) is 18.1. The summed E-state index contributed by atoms with van der Waals surface area (Å²) in [5.41, 5.74) is -1.40. The first kappa shape index (κ1) is 20.3. The molecular weight excluding hydrogens is 369 g/mol. The summed E-state index contributed by atoms with van der Waals surface area (Å²) in [5.74, 6) is -0.352. The summed E-state index contributed by atoms with van der Waals surface area (Å²) < 4.78 is 40.9. The third-order valence-electron chi connectivity index (χ3n) is 4.60. The monoisotopic (exact) mass is 388 g/mol. The van der Waals surface area contributed by atoms with E-state index in [4.69, 9.17) is 0 Å². The Morgan fingerprint density at radius 1 is 1.31 bits per heavy atom. The van der Waals surface area contributed by atoms with Crippen molar-refractivity contribution in [2.75, 3.05) is 18.4 Å². The highest BCUT2D eigenvalue weighted by atomic mass is 35.5. The number of nitrogens with zero attached hydrogens (tertiary/aromatic N) is 2. The van der Waals surface area contributed by atoms with E-state index >= 15 is 0 Å². The molecule has 2 aromatic rings. The van der Waals surface area contributed by atoms with Crippen molar-refractivity contribution in [2.45, 2.75) is 31.5 Å². The number of carbonyl (C=O) groups is 1. The second kappa shape index (κ2) is 7.67. The first-order valence-electron chi connectivity index (χ1n) is 8.03. The van der Waals surface area contributed by atoms with E-state index in [2.05, 4.69) is 15.7 Å². The molecule has 26 heavy (non-hydrogen) atoms. The van der Waals surface area contributed by atoms with Crippen molar-refractivity contribution >= 4 is 24.0 Å². The van der Waals surface area contributed by atoms with Crippen LogP contribution in [-0.4, -0.2) is 28.8 Å². The van der Waals surface area contributed by atoms with E-state index in [1.165, 1.54) is 19.1 Å². The molecule has 0 atom stereocenters. The third kappa shape index (κ3) is 3.86. The van der Waals surface area contributed by atoms with E-state index in [9.17, 15) is 18.0 Å². The Labute approximate surface area is 155 Å². The fourth-order valence-corrected chi connectivity index (χ4v) is 3.18. The number of aromatic nitrogens is 2. The lowest BCUT2D eigenvalue weighted by Crippen LogP contribution is -2.52. The van der Waals surface area contributed by atoms with Crippen LogP contribution in [0.15, 0.2) is 36.7 Å². The van der Waals surface area contributed by atoms with Gasteiger partial charge in [-0.05, 0) is 56.6 Å². The minimum absolute atomic E-state index is 0. The quantitative estimate of drug-likeness (QED) is 0.847. The van der Waals surface area contributed by atoms with Crippen LogP contribution in [0.3, 0.4) is 0 Å². The van der Waals surface area contributed by atoms with Crippen molar-refractivity contribution in [3.8, 4) is 0 Å². The van der Waals surface area contributed by atoms with Gasteiger partial charge in [0, 0.05) is 18.1 Å². The van der Waals surface area contributed by atoms with Gasteiger partial charge in [0.05, 0.1) is 5.56 Å². The molecule has 1 fully saturated rings. The van der Waals surface area contributed by atoms with Crippen LogP contribution >= 0.6 is 12.4 Å². The van der Waals surface area contributed by atoms with Crippen LogP contribution in [0.4, 0.5) is 18.9 Å². The first-order chi connectivity index (χ1) is 11.8. The van der Waals surface area contributed by atoms with Gasteiger partial charge in [-0.2, -0.15) is 18.3 Å². The number of nitrogens with one attached hydrogen (secondary N) is 2. The molecule has 1 saturated heterocycles. The van der Waals surface area contributed by atoms with E-state index < -0.39 is 17.3 Å². The molecule has 0 radical (unpaired) electrons. The van der Waals surface area contributed by atoms with E-state index in [0.29, 0.717) is 25.9 Å². The average Bonchev–Trinajstić information content (AvgIpc) is 3.11. The predicted octanol–water partition coefficient (Wildman–Crippen LogP) is 3.35. The Balaban J connectivity index is 0.00000243. The number of amides is 1. The molecule has 1 aromatic heterocycles. The van der Waals surface area contributed by atoms with Crippen molar-refractivity contribution < 1.29 is 18.0 Å². The Morgan fingerprint density at radius 3 is 2.58 bits per heavy atom. The number of anilines is 1. The van der Waals surface area contributed by atoms with Crippen LogP contribution < -0.4 is 10.6 Å². The molecule has 0 bridgehead atoms. The molecule has 1 aliphatic heterocycles. The van der Waals surface area contributed by atoms with Gasteiger partial charge >= 0.3 is 6.18 Å². The van der Waals surface area contributed by atoms with Gasteiger partial charge in [0.2, 0.25) is 0 Å². The normalized spacial score (nSPS) is 16.6. The van der Waals surface area contributed by atoms with Gasteiger partial charge in [0.25, 0.3) is 5.91 Å². The van der Waals surface area contributed by atoms with Gasteiger partial charge in [-0.25, -0.2) is 0 Å². The lowest BCUT2D eigenvalue weighted by Gasteiger charge is -2.36. The van der Waals surface area contributed by atoms with E-state index in [1.807, 2.05) is 0 Å². The maximum Gasteiger partial charge on any atom is 0.416 e. The standard InChI is InChI=1S/C17H19F3N4O.ClH/c1-12-3-4-13(11-14(12)17(18,19)20)23-15(25)16(5-8-21-9-6-16)24-10-2-7-22-24;/h2-4,7,10-11,21H,5-6,8-9H2,1H3,(H,23,25);1H. The van der Waals surface area contributed by atoms with Gasteiger partial charge in [-0.1, -0.05) is 6.07 Å².